The number of rotatable bonds is 8. The Morgan fingerprint density at radius 3 is 2.45 bits per heavy atom. The zero-order valence-corrected chi connectivity index (χ0v) is 12.2. The number of carbonyl (C=O) groups excluding carboxylic acids is 2. The van der Waals surface area contributed by atoms with Crippen LogP contribution in [-0.4, -0.2) is 31.1 Å². The molecule has 1 aliphatic rings. The zero-order chi connectivity index (χ0) is 14.8. The van der Waals surface area contributed by atoms with Crippen molar-refractivity contribution in [2.45, 2.75) is 57.4 Å². The molecule has 0 spiro atoms. The van der Waals surface area contributed by atoms with Crippen LogP contribution in [0.3, 0.4) is 0 Å². The quantitative estimate of drug-likeness (QED) is 0.496. The maximum atomic E-state index is 11.9. The molecule has 1 rings (SSSR count). The Balaban J connectivity index is 2.16. The normalized spacial score (nSPS) is 17.4. The lowest BCUT2D eigenvalue weighted by Gasteiger charge is -2.30. The van der Waals surface area contributed by atoms with Gasteiger partial charge in [0.2, 0.25) is 5.91 Å². The van der Waals surface area contributed by atoms with Crippen molar-refractivity contribution in [3.63, 3.8) is 0 Å². The van der Waals surface area contributed by atoms with Crippen LogP contribution in [0.25, 0.3) is 0 Å². The number of carbonyl (C=O) groups is 2. The molecule has 1 fully saturated rings. The minimum absolute atomic E-state index is 0.0603. The van der Waals surface area contributed by atoms with E-state index in [1.165, 1.54) is 32.1 Å². The number of amides is 3. The molecule has 6 nitrogen and oxygen atoms in total. The summed E-state index contributed by atoms with van der Waals surface area (Å²) < 4.78 is 0. The molecular weight excluding hydrogens is 256 g/mol. The Hall–Kier alpha value is -1.30. The highest BCUT2D eigenvalue weighted by Gasteiger charge is 2.23. The summed E-state index contributed by atoms with van der Waals surface area (Å²) in [6.45, 7) is 1.03. The molecule has 0 aromatic carbocycles. The van der Waals surface area contributed by atoms with Crippen molar-refractivity contribution in [3.8, 4) is 0 Å². The van der Waals surface area contributed by atoms with E-state index < -0.39 is 6.03 Å². The van der Waals surface area contributed by atoms with Crippen LogP contribution in [0.2, 0.25) is 0 Å². The van der Waals surface area contributed by atoms with E-state index in [0.717, 1.165) is 12.8 Å². The van der Waals surface area contributed by atoms with Gasteiger partial charge in [0.25, 0.3) is 0 Å². The summed E-state index contributed by atoms with van der Waals surface area (Å²) in [4.78, 5) is 22.3. The maximum absolute atomic E-state index is 11.9. The maximum Gasteiger partial charge on any atom is 0.312 e. The van der Waals surface area contributed by atoms with E-state index in [-0.39, 0.29) is 11.9 Å². The van der Waals surface area contributed by atoms with Gasteiger partial charge < -0.3 is 22.1 Å². The number of hydrogen-bond donors (Lipinski definition) is 4. The number of unbranched alkanes of at least 4 members (excludes halogenated alkanes) is 1. The molecule has 116 valence electrons. The van der Waals surface area contributed by atoms with E-state index in [9.17, 15) is 9.59 Å². The van der Waals surface area contributed by atoms with Crippen LogP contribution in [0.15, 0.2) is 0 Å². The molecule has 0 radical (unpaired) electrons. The van der Waals surface area contributed by atoms with Crippen LogP contribution >= 0.6 is 0 Å². The molecule has 1 saturated carbocycles. The number of nitrogens with two attached hydrogens (primary N) is 2. The van der Waals surface area contributed by atoms with Gasteiger partial charge >= 0.3 is 6.03 Å². The topological polar surface area (TPSA) is 110 Å². The van der Waals surface area contributed by atoms with E-state index in [1.807, 2.05) is 0 Å². The van der Waals surface area contributed by atoms with Crippen molar-refractivity contribution in [2.24, 2.45) is 17.4 Å². The highest BCUT2D eigenvalue weighted by atomic mass is 16.2. The van der Waals surface area contributed by atoms with Crippen molar-refractivity contribution in [2.75, 3.05) is 13.1 Å². The van der Waals surface area contributed by atoms with E-state index in [1.54, 1.807) is 0 Å². The summed E-state index contributed by atoms with van der Waals surface area (Å²) in [5, 5.41) is 5.57. The van der Waals surface area contributed by atoms with Gasteiger partial charge in [-0.15, -0.1) is 0 Å². The second-order valence-electron chi connectivity index (χ2n) is 5.56. The molecule has 6 heteroatoms. The number of nitrogens with one attached hydrogen (secondary N) is 2. The van der Waals surface area contributed by atoms with E-state index >= 15 is 0 Å². The first-order chi connectivity index (χ1) is 9.63. The predicted molar refractivity (Wildman–Crippen MR) is 79.0 cm³/mol. The van der Waals surface area contributed by atoms with Crippen molar-refractivity contribution >= 4 is 11.9 Å². The monoisotopic (exact) mass is 284 g/mol. The predicted octanol–water partition coefficient (Wildman–Crippen LogP) is 0.849. The molecule has 0 aromatic heterocycles. The smallest absolute Gasteiger partial charge is 0.312 e. The highest BCUT2D eigenvalue weighted by molar-refractivity contribution is 5.76. The first-order valence-electron chi connectivity index (χ1n) is 7.66. The molecule has 3 amide bonds. The lowest BCUT2D eigenvalue weighted by atomic mass is 9.84. The van der Waals surface area contributed by atoms with E-state index in [0.29, 0.717) is 25.4 Å². The Morgan fingerprint density at radius 2 is 1.85 bits per heavy atom. The molecule has 0 saturated heterocycles. The summed E-state index contributed by atoms with van der Waals surface area (Å²) >= 11 is 0. The van der Waals surface area contributed by atoms with Gasteiger partial charge in [0.1, 0.15) is 0 Å². The molecule has 20 heavy (non-hydrogen) atoms. The molecule has 0 aromatic rings. The Labute approximate surface area is 121 Å². The SMILES string of the molecule is NCC(NC(=O)CCCCNC(N)=O)C1CCCCC1. The molecule has 1 unspecified atom stereocenters. The van der Waals surface area contributed by atoms with Gasteiger partial charge in [0.15, 0.2) is 0 Å². The van der Waals surface area contributed by atoms with Gasteiger partial charge in [-0.2, -0.15) is 0 Å². The fourth-order valence-corrected chi connectivity index (χ4v) is 2.81. The standard InChI is InChI=1S/C14H28N4O2/c15-10-12(11-6-2-1-3-7-11)18-13(19)8-4-5-9-17-14(16)20/h11-12H,1-10,15H2,(H,18,19)(H3,16,17,20). The fourth-order valence-electron chi connectivity index (χ4n) is 2.81. The van der Waals surface area contributed by atoms with Crippen molar-refractivity contribution in [1.82, 2.24) is 10.6 Å². The first kappa shape index (κ1) is 16.8. The van der Waals surface area contributed by atoms with Crippen molar-refractivity contribution < 1.29 is 9.59 Å². The third-order valence-corrected chi connectivity index (χ3v) is 3.95. The Kier molecular flexibility index (Phi) is 8.02. The summed E-state index contributed by atoms with van der Waals surface area (Å²) in [7, 11) is 0. The van der Waals surface area contributed by atoms with E-state index in [2.05, 4.69) is 10.6 Å². The van der Waals surface area contributed by atoms with Crippen LogP contribution in [0.4, 0.5) is 4.79 Å². The van der Waals surface area contributed by atoms with Gasteiger partial charge in [-0.3, -0.25) is 4.79 Å². The first-order valence-corrected chi connectivity index (χ1v) is 7.66. The minimum atomic E-state index is -0.519. The number of primary amides is 1. The third-order valence-electron chi connectivity index (χ3n) is 3.95. The third kappa shape index (κ3) is 6.75. The number of urea groups is 1. The lowest BCUT2D eigenvalue weighted by molar-refractivity contribution is -0.122. The van der Waals surface area contributed by atoms with Crippen molar-refractivity contribution in [1.29, 1.82) is 0 Å². The Morgan fingerprint density at radius 1 is 1.15 bits per heavy atom. The molecular formula is C14H28N4O2. The van der Waals surface area contributed by atoms with E-state index in [4.69, 9.17) is 11.5 Å². The van der Waals surface area contributed by atoms with Gasteiger partial charge in [-0.1, -0.05) is 19.3 Å². The summed E-state index contributed by atoms with van der Waals surface area (Å²) in [5.41, 5.74) is 10.7. The lowest BCUT2D eigenvalue weighted by Crippen LogP contribution is -2.45. The average molecular weight is 284 g/mol. The second kappa shape index (κ2) is 9.58. The van der Waals surface area contributed by atoms with Crippen LogP contribution in [-0.2, 0) is 4.79 Å². The molecule has 1 atom stereocenters. The van der Waals surface area contributed by atoms with Gasteiger partial charge in [-0.05, 0) is 31.6 Å². The molecule has 1 aliphatic carbocycles. The largest absolute Gasteiger partial charge is 0.352 e. The van der Waals surface area contributed by atoms with Gasteiger partial charge in [0.05, 0.1) is 0 Å². The summed E-state index contributed by atoms with van der Waals surface area (Å²) in [6.07, 6.45) is 8.11. The summed E-state index contributed by atoms with van der Waals surface area (Å²) in [6, 6.07) is -0.401. The van der Waals surface area contributed by atoms with Crippen molar-refractivity contribution in [3.05, 3.63) is 0 Å². The van der Waals surface area contributed by atoms with Crippen LogP contribution in [0.5, 0.6) is 0 Å². The Bertz CT molecular complexity index is 304. The second-order valence-corrected chi connectivity index (χ2v) is 5.56. The molecule has 6 N–H and O–H groups in total. The highest BCUT2D eigenvalue weighted by Crippen LogP contribution is 2.26. The molecule has 0 bridgehead atoms. The van der Waals surface area contributed by atoms with Crippen LogP contribution < -0.4 is 22.1 Å². The average Bonchev–Trinajstić information content (AvgIpc) is 2.45. The summed E-state index contributed by atoms with van der Waals surface area (Å²) in [5.74, 6) is 0.597. The number of hydrogen-bond acceptors (Lipinski definition) is 3. The molecule has 0 aliphatic heterocycles. The minimum Gasteiger partial charge on any atom is -0.352 e. The van der Waals surface area contributed by atoms with Gasteiger partial charge in [-0.25, -0.2) is 4.79 Å². The fraction of sp³-hybridized carbons (Fsp3) is 0.857. The zero-order valence-electron chi connectivity index (χ0n) is 12.2. The molecule has 0 heterocycles. The van der Waals surface area contributed by atoms with Crippen LogP contribution in [0, 0.1) is 5.92 Å². The van der Waals surface area contributed by atoms with Crippen LogP contribution in [0.1, 0.15) is 51.4 Å². The van der Waals surface area contributed by atoms with Gasteiger partial charge in [0, 0.05) is 25.6 Å².